The highest BCUT2D eigenvalue weighted by Crippen LogP contribution is 2.54. The summed E-state index contributed by atoms with van der Waals surface area (Å²) in [6, 6.07) is 5.87. The molecule has 0 saturated heterocycles. The topological polar surface area (TPSA) is 18.5 Å². The van der Waals surface area contributed by atoms with Crippen LogP contribution in [0.25, 0.3) is 0 Å². The molecule has 0 fully saturated rings. The van der Waals surface area contributed by atoms with E-state index in [0.29, 0.717) is 11.8 Å². The van der Waals surface area contributed by atoms with Gasteiger partial charge in [0.05, 0.1) is 0 Å². The molecule has 29 heavy (non-hydrogen) atoms. The number of rotatable bonds is 8. The van der Waals surface area contributed by atoms with Gasteiger partial charge in [0.1, 0.15) is 17.1 Å². The van der Waals surface area contributed by atoms with Gasteiger partial charge in [-0.25, -0.2) is 0 Å². The largest absolute Gasteiger partial charge is 0.544 e. The van der Waals surface area contributed by atoms with Gasteiger partial charge in [0, 0.05) is 17.4 Å². The van der Waals surface area contributed by atoms with Crippen LogP contribution in [0.15, 0.2) is 23.8 Å². The van der Waals surface area contributed by atoms with Crippen LogP contribution in [-0.4, -0.2) is 13.9 Å². The molecule has 0 bridgehead atoms. The van der Waals surface area contributed by atoms with E-state index in [9.17, 15) is 0 Å². The van der Waals surface area contributed by atoms with Crippen molar-refractivity contribution >= 4 is 8.32 Å². The molecule has 2 atom stereocenters. The van der Waals surface area contributed by atoms with Crippen LogP contribution in [0.1, 0.15) is 90.2 Å². The van der Waals surface area contributed by atoms with Crippen LogP contribution in [-0.2, 0) is 6.42 Å². The first kappa shape index (κ1) is 22.5. The number of hydrogen-bond acceptors (Lipinski definition) is 2. The van der Waals surface area contributed by atoms with Crippen molar-refractivity contribution in [2.75, 3.05) is 0 Å². The van der Waals surface area contributed by atoms with Gasteiger partial charge in [-0.05, 0) is 83.3 Å². The Morgan fingerprint density at radius 2 is 1.90 bits per heavy atom. The lowest BCUT2D eigenvalue weighted by atomic mass is 9.68. The minimum atomic E-state index is -1.75. The first-order chi connectivity index (χ1) is 13.7. The molecule has 162 valence electrons. The Hall–Kier alpha value is -1.22. The van der Waals surface area contributed by atoms with E-state index in [1.54, 1.807) is 0 Å². The Kier molecular flexibility index (Phi) is 6.87. The summed E-state index contributed by atoms with van der Waals surface area (Å²) in [4.78, 5) is 0. The standard InChI is InChI=1S/C26H42O2Si/c1-8-10-11-12-20-17-23-25(24(18-20)28-29(6,7)15-9-2)21-16-19(3)13-14-22(21)26(4,5)27-23/h16-18,21-22H,8-15H2,1-7H3. The number of unbranched alkanes of at least 4 members (excludes halogenated alkanes) is 2. The van der Waals surface area contributed by atoms with Crippen molar-refractivity contribution in [1.29, 1.82) is 0 Å². The van der Waals surface area contributed by atoms with E-state index in [-0.39, 0.29) is 5.60 Å². The molecule has 0 N–H and O–H groups in total. The molecule has 0 saturated carbocycles. The number of benzene rings is 1. The van der Waals surface area contributed by atoms with Crippen molar-refractivity contribution in [2.45, 2.75) is 110 Å². The lowest BCUT2D eigenvalue weighted by molar-refractivity contribution is 0.0110. The Labute approximate surface area is 180 Å². The van der Waals surface area contributed by atoms with E-state index < -0.39 is 8.32 Å². The molecule has 0 radical (unpaired) electrons. The van der Waals surface area contributed by atoms with Gasteiger partial charge in [-0.2, -0.15) is 0 Å². The average Bonchev–Trinajstić information content (AvgIpc) is 2.60. The average molecular weight is 415 g/mol. The molecule has 2 aliphatic rings. The van der Waals surface area contributed by atoms with Crippen LogP contribution in [0.5, 0.6) is 11.5 Å². The van der Waals surface area contributed by atoms with Gasteiger partial charge in [0.25, 0.3) is 0 Å². The quantitative estimate of drug-likeness (QED) is 0.243. The van der Waals surface area contributed by atoms with E-state index in [1.165, 1.54) is 61.3 Å². The van der Waals surface area contributed by atoms with Crippen LogP contribution in [0, 0.1) is 5.92 Å². The summed E-state index contributed by atoms with van der Waals surface area (Å²) >= 11 is 0. The normalized spacial score (nSPS) is 22.9. The van der Waals surface area contributed by atoms with Crippen molar-refractivity contribution in [3.05, 3.63) is 34.9 Å². The number of aryl methyl sites for hydroxylation is 1. The van der Waals surface area contributed by atoms with Crippen molar-refractivity contribution in [1.82, 2.24) is 0 Å². The lowest BCUT2D eigenvalue weighted by Crippen LogP contribution is -2.45. The zero-order valence-electron chi connectivity index (χ0n) is 19.9. The molecule has 1 heterocycles. The maximum absolute atomic E-state index is 6.87. The molecule has 3 rings (SSSR count). The van der Waals surface area contributed by atoms with Crippen LogP contribution < -0.4 is 9.16 Å². The Morgan fingerprint density at radius 3 is 2.59 bits per heavy atom. The molecule has 2 unspecified atom stereocenters. The molecular weight excluding hydrogens is 372 g/mol. The SMILES string of the molecule is CCCCCc1cc2c(c(O[Si](C)(C)CCC)c1)C1C=C(C)CCC1C(C)(C)O2. The molecular formula is C26H42O2Si. The molecule has 1 aliphatic heterocycles. The predicted octanol–water partition coefficient (Wildman–Crippen LogP) is 8.02. The van der Waals surface area contributed by atoms with E-state index in [0.717, 1.165) is 17.9 Å². The van der Waals surface area contributed by atoms with Gasteiger partial charge in [-0.1, -0.05) is 44.8 Å². The van der Waals surface area contributed by atoms with Crippen LogP contribution in [0.3, 0.4) is 0 Å². The van der Waals surface area contributed by atoms with E-state index in [1.807, 2.05) is 0 Å². The first-order valence-corrected chi connectivity index (χ1v) is 15.0. The summed E-state index contributed by atoms with van der Waals surface area (Å²) in [7, 11) is -1.75. The third-order valence-corrected chi connectivity index (χ3v) is 9.29. The van der Waals surface area contributed by atoms with Crippen molar-refractivity contribution < 1.29 is 9.16 Å². The van der Waals surface area contributed by atoms with E-state index >= 15 is 0 Å². The highest BCUT2D eigenvalue weighted by molar-refractivity contribution is 6.71. The minimum Gasteiger partial charge on any atom is -0.544 e. The molecule has 0 aromatic heterocycles. The fourth-order valence-electron chi connectivity index (χ4n) is 5.32. The summed E-state index contributed by atoms with van der Waals surface area (Å²) in [6.07, 6.45) is 11.0. The smallest absolute Gasteiger partial charge is 0.245 e. The number of allylic oxidation sites excluding steroid dienone is 2. The molecule has 0 amide bonds. The zero-order valence-corrected chi connectivity index (χ0v) is 20.9. The van der Waals surface area contributed by atoms with Crippen molar-refractivity contribution in [2.24, 2.45) is 5.92 Å². The molecule has 3 heteroatoms. The van der Waals surface area contributed by atoms with Crippen LogP contribution >= 0.6 is 0 Å². The second-order valence-electron chi connectivity index (χ2n) is 10.5. The number of fused-ring (bicyclic) bond motifs is 3. The Balaban J connectivity index is 2.08. The predicted molar refractivity (Wildman–Crippen MR) is 127 cm³/mol. The van der Waals surface area contributed by atoms with Crippen LogP contribution in [0.4, 0.5) is 0 Å². The maximum Gasteiger partial charge on any atom is 0.245 e. The molecule has 0 spiro atoms. The Bertz CT molecular complexity index is 747. The summed E-state index contributed by atoms with van der Waals surface area (Å²) < 4.78 is 13.6. The fourth-order valence-corrected chi connectivity index (χ4v) is 7.39. The van der Waals surface area contributed by atoms with E-state index in [2.05, 4.69) is 65.9 Å². The van der Waals surface area contributed by atoms with Gasteiger partial charge in [0.15, 0.2) is 0 Å². The first-order valence-electron chi connectivity index (χ1n) is 11.9. The highest BCUT2D eigenvalue weighted by atomic mass is 28.4. The van der Waals surface area contributed by atoms with E-state index in [4.69, 9.17) is 9.16 Å². The van der Waals surface area contributed by atoms with Gasteiger partial charge in [-0.15, -0.1) is 0 Å². The second kappa shape index (κ2) is 8.87. The lowest BCUT2D eigenvalue weighted by Gasteiger charge is -2.47. The molecule has 1 aromatic carbocycles. The van der Waals surface area contributed by atoms with Crippen molar-refractivity contribution in [3.8, 4) is 11.5 Å². The summed E-state index contributed by atoms with van der Waals surface area (Å²) in [6.45, 7) is 16.1. The summed E-state index contributed by atoms with van der Waals surface area (Å²) in [5.74, 6) is 3.12. The molecule has 2 nitrogen and oxygen atoms in total. The van der Waals surface area contributed by atoms with Gasteiger partial charge in [-0.3, -0.25) is 0 Å². The third kappa shape index (κ3) is 5.10. The van der Waals surface area contributed by atoms with Gasteiger partial charge in [0.2, 0.25) is 8.32 Å². The van der Waals surface area contributed by atoms with Crippen molar-refractivity contribution in [3.63, 3.8) is 0 Å². The zero-order chi connectivity index (χ0) is 21.2. The summed E-state index contributed by atoms with van der Waals surface area (Å²) in [5, 5.41) is 0. The third-order valence-electron chi connectivity index (χ3n) is 6.82. The molecule has 1 aliphatic carbocycles. The molecule has 1 aromatic rings. The maximum atomic E-state index is 6.87. The minimum absolute atomic E-state index is 0.134. The monoisotopic (exact) mass is 414 g/mol. The number of ether oxygens (including phenoxy) is 1. The van der Waals surface area contributed by atoms with Crippen LogP contribution in [0.2, 0.25) is 19.1 Å². The fraction of sp³-hybridized carbons (Fsp3) is 0.692. The number of hydrogen-bond donors (Lipinski definition) is 0. The Morgan fingerprint density at radius 1 is 1.14 bits per heavy atom. The highest BCUT2D eigenvalue weighted by Gasteiger charge is 2.45. The second-order valence-corrected chi connectivity index (χ2v) is 14.7. The van der Waals surface area contributed by atoms with Gasteiger partial charge < -0.3 is 9.16 Å². The van der Waals surface area contributed by atoms with Gasteiger partial charge >= 0.3 is 0 Å². The summed E-state index contributed by atoms with van der Waals surface area (Å²) in [5.41, 5.74) is 4.08.